The van der Waals surface area contributed by atoms with Crippen LogP contribution in [-0.2, 0) is 4.74 Å². The van der Waals surface area contributed by atoms with E-state index in [1.54, 1.807) is 6.92 Å². The van der Waals surface area contributed by atoms with Crippen LogP contribution in [0.5, 0.6) is 0 Å². The average molecular weight is 317 g/mol. The van der Waals surface area contributed by atoms with E-state index < -0.39 is 12.2 Å². The van der Waals surface area contributed by atoms with Gasteiger partial charge in [0.2, 0.25) is 0 Å². The normalized spacial score (nSPS) is 12.7. The molecule has 0 bridgehead atoms. The summed E-state index contributed by atoms with van der Waals surface area (Å²) in [6, 6.07) is 0. The molecule has 0 aliphatic rings. The van der Waals surface area contributed by atoms with Crippen molar-refractivity contribution < 1.29 is 14.6 Å². The van der Waals surface area contributed by atoms with E-state index in [1.165, 1.54) is 6.33 Å². The van der Waals surface area contributed by atoms with Gasteiger partial charge < -0.3 is 20.5 Å². The van der Waals surface area contributed by atoms with Gasteiger partial charge in [-0.05, 0) is 27.7 Å². The minimum Gasteiger partial charge on any atom is -0.448 e. The monoisotopic (exact) mass is 316 g/mol. The Morgan fingerprint density at radius 2 is 2.14 bits per heavy atom. The maximum absolute atomic E-state index is 11.4. The Labute approximate surface area is 129 Å². The Morgan fingerprint density at radius 1 is 1.48 bits per heavy atom. The molecule has 1 amide bonds. The molecule has 1 atom stereocenters. The number of carbonyl (C=O) groups is 1. The molecule has 0 saturated heterocycles. The molecule has 0 spiro atoms. The molecule has 0 aromatic carbocycles. The molecule has 3 N–H and O–H groups in total. The van der Waals surface area contributed by atoms with Crippen LogP contribution in [0.15, 0.2) is 6.33 Å². The second-order valence-electron chi connectivity index (χ2n) is 5.54. The van der Waals surface area contributed by atoms with Crippen molar-refractivity contribution in [3.63, 3.8) is 0 Å². The lowest BCUT2D eigenvalue weighted by Crippen LogP contribution is -2.41. The maximum Gasteiger partial charge on any atom is 0.407 e. The van der Waals surface area contributed by atoms with Crippen LogP contribution in [-0.4, -0.2) is 39.9 Å². The molecular weight excluding hydrogens is 296 g/mol. The summed E-state index contributed by atoms with van der Waals surface area (Å²) < 4.78 is 5.01. The lowest BCUT2D eigenvalue weighted by atomic mass is 10.1. The number of rotatable bonds is 5. The number of aliphatic hydroxyl groups is 1. The molecule has 0 radical (unpaired) electrons. The number of alkyl carbamates (subject to hydrolysis) is 1. The lowest BCUT2D eigenvalue weighted by Gasteiger charge is -2.20. The van der Waals surface area contributed by atoms with Crippen LogP contribution in [0, 0.1) is 0 Å². The minimum atomic E-state index is -0.783. The zero-order valence-corrected chi connectivity index (χ0v) is 13.4. The number of hydrogen-bond donors (Lipinski definition) is 3. The Balaban J connectivity index is 2.43. The van der Waals surface area contributed by atoms with Gasteiger partial charge in [-0.15, -0.1) is 0 Å². The van der Waals surface area contributed by atoms with Gasteiger partial charge in [0.15, 0.2) is 0 Å². The number of aromatic nitrogens is 2. The third-order valence-corrected chi connectivity index (χ3v) is 2.69. The van der Waals surface area contributed by atoms with Crippen molar-refractivity contribution in [2.75, 3.05) is 18.5 Å². The number of carbonyl (C=O) groups excluding carboxylic acids is 1. The Bertz CT molecular complexity index is 489. The summed E-state index contributed by atoms with van der Waals surface area (Å²) >= 11 is 6.06. The highest BCUT2D eigenvalue weighted by molar-refractivity contribution is 6.33. The second kappa shape index (κ2) is 7.42. The van der Waals surface area contributed by atoms with Gasteiger partial charge >= 0.3 is 6.09 Å². The van der Waals surface area contributed by atoms with E-state index in [0.29, 0.717) is 18.1 Å². The molecule has 1 rings (SSSR count). The number of hydrogen-bond acceptors (Lipinski definition) is 6. The van der Waals surface area contributed by atoms with E-state index in [0.717, 1.165) is 0 Å². The van der Waals surface area contributed by atoms with Crippen molar-refractivity contribution in [1.82, 2.24) is 15.3 Å². The standard InChI is InChI=1S/C13H21ClN4O3/c1-8(19)10-9(14)11(17-7-16-10)15-5-6-21-12(20)18-13(2,3)4/h7-8,19H,5-6H2,1-4H3,(H,18,20)(H,15,16,17). The van der Waals surface area contributed by atoms with Gasteiger partial charge in [-0.3, -0.25) is 0 Å². The minimum absolute atomic E-state index is 0.159. The van der Waals surface area contributed by atoms with Crippen LogP contribution in [0.3, 0.4) is 0 Å². The Morgan fingerprint density at radius 3 is 2.71 bits per heavy atom. The van der Waals surface area contributed by atoms with Crippen molar-refractivity contribution in [2.45, 2.75) is 39.3 Å². The van der Waals surface area contributed by atoms with Crippen molar-refractivity contribution in [3.05, 3.63) is 17.0 Å². The molecular formula is C13H21ClN4O3. The van der Waals surface area contributed by atoms with E-state index >= 15 is 0 Å². The second-order valence-corrected chi connectivity index (χ2v) is 5.91. The van der Waals surface area contributed by atoms with E-state index in [1.807, 2.05) is 20.8 Å². The number of aliphatic hydroxyl groups excluding tert-OH is 1. The van der Waals surface area contributed by atoms with Crippen LogP contribution in [0.25, 0.3) is 0 Å². The summed E-state index contributed by atoms with van der Waals surface area (Å²) in [5, 5.41) is 15.4. The summed E-state index contributed by atoms with van der Waals surface area (Å²) in [5.74, 6) is 0.391. The number of ether oxygens (including phenoxy) is 1. The fourth-order valence-electron chi connectivity index (χ4n) is 1.45. The highest BCUT2D eigenvalue weighted by Crippen LogP contribution is 2.25. The molecule has 118 valence electrons. The third kappa shape index (κ3) is 6.14. The number of amides is 1. The van der Waals surface area contributed by atoms with Crippen molar-refractivity contribution in [1.29, 1.82) is 0 Å². The largest absolute Gasteiger partial charge is 0.448 e. The highest BCUT2D eigenvalue weighted by atomic mass is 35.5. The van der Waals surface area contributed by atoms with E-state index in [-0.39, 0.29) is 17.2 Å². The van der Waals surface area contributed by atoms with Crippen molar-refractivity contribution >= 4 is 23.5 Å². The molecule has 1 heterocycles. The van der Waals surface area contributed by atoms with E-state index in [9.17, 15) is 9.90 Å². The first kappa shape index (κ1) is 17.5. The molecule has 1 unspecified atom stereocenters. The molecule has 0 aliphatic heterocycles. The van der Waals surface area contributed by atoms with Gasteiger partial charge in [-0.1, -0.05) is 11.6 Å². The van der Waals surface area contributed by atoms with Crippen molar-refractivity contribution in [3.8, 4) is 0 Å². The van der Waals surface area contributed by atoms with E-state index in [2.05, 4.69) is 20.6 Å². The van der Waals surface area contributed by atoms with Gasteiger partial charge in [-0.25, -0.2) is 14.8 Å². The predicted octanol–water partition coefficient (Wildman–Crippen LogP) is 2.12. The van der Waals surface area contributed by atoms with Crippen LogP contribution in [0.2, 0.25) is 5.02 Å². The summed E-state index contributed by atoms with van der Waals surface area (Å²) in [7, 11) is 0. The first-order chi connectivity index (χ1) is 9.70. The summed E-state index contributed by atoms with van der Waals surface area (Å²) in [5.41, 5.74) is 0.00711. The molecule has 1 aromatic heterocycles. The smallest absolute Gasteiger partial charge is 0.407 e. The maximum atomic E-state index is 11.4. The molecule has 0 aliphatic carbocycles. The highest BCUT2D eigenvalue weighted by Gasteiger charge is 2.15. The third-order valence-electron chi connectivity index (χ3n) is 2.32. The van der Waals surface area contributed by atoms with Gasteiger partial charge in [0.1, 0.15) is 23.8 Å². The molecule has 8 heteroatoms. The van der Waals surface area contributed by atoms with Crippen LogP contribution >= 0.6 is 11.6 Å². The summed E-state index contributed by atoms with van der Waals surface area (Å²) in [6.07, 6.45) is 0.0429. The molecule has 0 fully saturated rings. The lowest BCUT2D eigenvalue weighted by molar-refractivity contribution is 0.142. The van der Waals surface area contributed by atoms with Crippen LogP contribution in [0.4, 0.5) is 10.6 Å². The van der Waals surface area contributed by atoms with E-state index in [4.69, 9.17) is 16.3 Å². The zero-order chi connectivity index (χ0) is 16.0. The van der Waals surface area contributed by atoms with Crippen molar-refractivity contribution in [2.24, 2.45) is 0 Å². The van der Waals surface area contributed by atoms with Gasteiger partial charge in [0, 0.05) is 5.54 Å². The van der Waals surface area contributed by atoms with Gasteiger partial charge in [0.25, 0.3) is 0 Å². The zero-order valence-electron chi connectivity index (χ0n) is 12.6. The summed E-state index contributed by atoms with van der Waals surface area (Å²) in [4.78, 5) is 19.3. The molecule has 7 nitrogen and oxygen atoms in total. The number of nitrogens with one attached hydrogen (secondary N) is 2. The molecule has 0 saturated carbocycles. The van der Waals surface area contributed by atoms with Gasteiger partial charge in [-0.2, -0.15) is 0 Å². The number of nitrogens with zero attached hydrogens (tertiary/aromatic N) is 2. The molecule has 1 aromatic rings. The topological polar surface area (TPSA) is 96.4 Å². The fraction of sp³-hybridized carbons (Fsp3) is 0.615. The predicted molar refractivity (Wildman–Crippen MR) is 80.4 cm³/mol. The SMILES string of the molecule is CC(O)c1ncnc(NCCOC(=O)NC(C)(C)C)c1Cl. The number of anilines is 1. The Kier molecular flexibility index (Phi) is 6.17. The average Bonchev–Trinajstić information content (AvgIpc) is 2.33. The first-order valence-electron chi connectivity index (χ1n) is 6.58. The Hall–Kier alpha value is -1.60. The quantitative estimate of drug-likeness (QED) is 0.720. The number of halogens is 1. The summed E-state index contributed by atoms with van der Waals surface area (Å²) in [6.45, 7) is 7.66. The van der Waals surface area contributed by atoms with Crippen LogP contribution in [0.1, 0.15) is 39.5 Å². The molecule has 21 heavy (non-hydrogen) atoms. The van der Waals surface area contributed by atoms with Gasteiger partial charge in [0.05, 0.1) is 18.3 Å². The van der Waals surface area contributed by atoms with Crippen LogP contribution < -0.4 is 10.6 Å². The first-order valence-corrected chi connectivity index (χ1v) is 6.96. The fourth-order valence-corrected chi connectivity index (χ4v) is 1.78.